The number of rotatable bonds is 6. The molecule has 0 saturated carbocycles. The molecule has 0 bridgehead atoms. The smallest absolute Gasteiger partial charge is 0.269 e. The van der Waals surface area contributed by atoms with Gasteiger partial charge in [0.25, 0.3) is 21.4 Å². The highest BCUT2D eigenvalue weighted by atomic mass is 32.2. The minimum absolute atomic E-state index is 0.0438. The zero-order valence-electron chi connectivity index (χ0n) is 17.0. The lowest BCUT2D eigenvalue weighted by atomic mass is 10.1. The fourth-order valence-electron chi connectivity index (χ4n) is 4.00. The van der Waals surface area contributed by atoms with E-state index in [9.17, 15) is 37.1 Å². The van der Waals surface area contributed by atoms with Crippen LogP contribution in [0.25, 0.3) is 0 Å². The number of benzene rings is 2. The number of nitrogens with zero attached hydrogens (tertiary/aromatic N) is 4. The van der Waals surface area contributed by atoms with Gasteiger partial charge in [-0.15, -0.1) is 0 Å². The van der Waals surface area contributed by atoms with E-state index in [0.29, 0.717) is 5.70 Å². The second-order valence-electron chi connectivity index (χ2n) is 7.42. The molecule has 14 heteroatoms. The minimum atomic E-state index is -4.05. The molecule has 0 spiro atoms. The maximum Gasteiger partial charge on any atom is 0.269 e. The molecule has 33 heavy (non-hydrogen) atoms. The fourth-order valence-corrected chi connectivity index (χ4v) is 7.20. The highest BCUT2D eigenvalue weighted by Crippen LogP contribution is 2.37. The molecule has 2 heterocycles. The van der Waals surface area contributed by atoms with Gasteiger partial charge in [0.15, 0.2) is 0 Å². The SMILES string of the molecule is O=[N+]([O-])c1ccc(S(=O)(=O)N2CCC3C2=CCCN3S(=O)(=O)c2ccc([N+](=O)[O-])cc2)cc1. The van der Waals surface area contributed by atoms with Crippen molar-refractivity contribution in [2.75, 3.05) is 13.1 Å². The lowest BCUT2D eigenvalue weighted by Crippen LogP contribution is -2.44. The van der Waals surface area contributed by atoms with Crippen LogP contribution in [-0.4, -0.2) is 54.4 Å². The summed E-state index contributed by atoms with van der Waals surface area (Å²) in [7, 11) is -8.09. The standard InChI is InChI=1S/C19H18N4O8S2/c24-22(25)14-3-7-16(8-4-14)32(28,29)20-12-1-2-18-19(20)11-13-21(18)33(30,31)17-9-5-15(6-10-17)23(26)27/h2-10,19H,1,11-13H2. The molecule has 1 unspecified atom stereocenters. The van der Waals surface area contributed by atoms with Crippen LogP contribution in [0.15, 0.2) is 70.1 Å². The Balaban J connectivity index is 1.62. The molecule has 12 nitrogen and oxygen atoms in total. The van der Waals surface area contributed by atoms with Gasteiger partial charge in [-0.25, -0.2) is 16.8 Å². The van der Waals surface area contributed by atoms with E-state index >= 15 is 0 Å². The van der Waals surface area contributed by atoms with E-state index in [2.05, 4.69) is 0 Å². The number of hydrogen-bond acceptors (Lipinski definition) is 8. The average molecular weight is 495 g/mol. The van der Waals surface area contributed by atoms with E-state index in [-0.39, 0.29) is 47.1 Å². The quantitative estimate of drug-likeness (QED) is 0.436. The molecule has 0 aromatic heterocycles. The Labute approximate surface area is 189 Å². The number of hydrogen-bond donors (Lipinski definition) is 0. The van der Waals surface area contributed by atoms with E-state index in [1.54, 1.807) is 6.08 Å². The molecule has 174 valence electrons. The summed E-state index contributed by atoms with van der Waals surface area (Å²) in [6.45, 7) is 0.182. The molecule has 4 rings (SSSR count). The summed E-state index contributed by atoms with van der Waals surface area (Å²) in [6.07, 6.45) is 2.19. The summed E-state index contributed by atoms with van der Waals surface area (Å²) in [5, 5.41) is 21.7. The van der Waals surface area contributed by atoms with Gasteiger partial charge in [-0.2, -0.15) is 4.31 Å². The maximum atomic E-state index is 13.2. The van der Waals surface area contributed by atoms with Crippen LogP contribution in [0.2, 0.25) is 0 Å². The molecule has 1 atom stereocenters. The highest BCUT2D eigenvalue weighted by molar-refractivity contribution is 7.89. The number of nitro groups is 2. The third kappa shape index (κ3) is 3.96. The first kappa shape index (κ1) is 22.8. The predicted molar refractivity (Wildman–Crippen MR) is 115 cm³/mol. The van der Waals surface area contributed by atoms with Gasteiger partial charge >= 0.3 is 0 Å². The summed E-state index contributed by atoms with van der Waals surface area (Å²) in [6, 6.07) is 8.30. The van der Waals surface area contributed by atoms with Crippen LogP contribution >= 0.6 is 0 Å². The molecule has 2 aliphatic heterocycles. The van der Waals surface area contributed by atoms with Crippen LogP contribution < -0.4 is 0 Å². The van der Waals surface area contributed by atoms with E-state index in [4.69, 9.17) is 0 Å². The average Bonchev–Trinajstić information content (AvgIpc) is 3.24. The van der Waals surface area contributed by atoms with Crippen molar-refractivity contribution in [2.45, 2.75) is 28.7 Å². The summed E-state index contributed by atoms with van der Waals surface area (Å²) in [5.74, 6) is 0. The number of nitro benzene ring substituents is 2. The van der Waals surface area contributed by atoms with Crippen molar-refractivity contribution in [2.24, 2.45) is 0 Å². The number of sulfonamides is 2. The second kappa shape index (κ2) is 8.20. The van der Waals surface area contributed by atoms with Gasteiger partial charge in [0.05, 0.1) is 25.7 Å². The molecular weight excluding hydrogens is 476 g/mol. The molecule has 2 aliphatic rings. The maximum absolute atomic E-state index is 13.2. The van der Waals surface area contributed by atoms with Crippen LogP contribution in [0.4, 0.5) is 11.4 Å². The molecule has 0 N–H and O–H groups in total. The molecule has 2 aromatic rings. The zero-order valence-corrected chi connectivity index (χ0v) is 18.6. The summed E-state index contributed by atoms with van der Waals surface area (Å²) >= 11 is 0. The van der Waals surface area contributed by atoms with Gasteiger partial charge in [-0.05, 0) is 37.1 Å². The van der Waals surface area contributed by atoms with E-state index in [0.717, 1.165) is 52.8 Å². The lowest BCUT2D eigenvalue weighted by Gasteiger charge is -2.33. The summed E-state index contributed by atoms with van der Waals surface area (Å²) in [4.78, 5) is 20.2. The monoisotopic (exact) mass is 494 g/mol. The minimum Gasteiger partial charge on any atom is -0.269 e. The van der Waals surface area contributed by atoms with E-state index in [1.807, 2.05) is 0 Å². The molecule has 1 fully saturated rings. The van der Waals surface area contributed by atoms with Gasteiger partial charge < -0.3 is 0 Å². The van der Waals surface area contributed by atoms with Crippen LogP contribution in [0.1, 0.15) is 12.8 Å². The Morgan fingerprint density at radius 2 is 1.24 bits per heavy atom. The van der Waals surface area contributed by atoms with Crippen LogP contribution in [-0.2, 0) is 20.0 Å². The van der Waals surface area contributed by atoms with Gasteiger partial charge in [0, 0.05) is 43.1 Å². The van der Waals surface area contributed by atoms with Crippen molar-refractivity contribution < 1.29 is 26.7 Å². The largest absolute Gasteiger partial charge is 0.269 e. The van der Waals surface area contributed by atoms with Crippen LogP contribution in [0.5, 0.6) is 0 Å². The Morgan fingerprint density at radius 1 is 0.758 bits per heavy atom. The molecule has 2 aromatic carbocycles. The molecular formula is C19H18N4O8S2. The first-order chi connectivity index (χ1) is 15.5. The number of non-ortho nitro benzene ring substituents is 2. The molecule has 1 saturated heterocycles. The zero-order chi connectivity index (χ0) is 24.0. The van der Waals surface area contributed by atoms with E-state index in [1.165, 1.54) is 4.31 Å². The Hall–Kier alpha value is -3.36. The third-order valence-electron chi connectivity index (χ3n) is 5.58. The van der Waals surface area contributed by atoms with E-state index < -0.39 is 35.9 Å². The van der Waals surface area contributed by atoms with Crippen LogP contribution in [0.3, 0.4) is 0 Å². The van der Waals surface area contributed by atoms with Gasteiger partial charge in [-0.1, -0.05) is 6.08 Å². The van der Waals surface area contributed by atoms with Gasteiger partial charge in [0.1, 0.15) is 0 Å². The molecule has 0 amide bonds. The summed E-state index contributed by atoms with van der Waals surface area (Å²) < 4.78 is 55.2. The predicted octanol–water partition coefficient (Wildman–Crippen LogP) is 2.24. The van der Waals surface area contributed by atoms with Crippen LogP contribution in [0, 0.1) is 20.2 Å². The lowest BCUT2D eigenvalue weighted by molar-refractivity contribution is -0.385. The fraction of sp³-hybridized carbons (Fsp3) is 0.263. The van der Waals surface area contributed by atoms with Crippen molar-refractivity contribution in [3.63, 3.8) is 0 Å². The Bertz CT molecular complexity index is 1350. The van der Waals surface area contributed by atoms with Crippen molar-refractivity contribution >= 4 is 31.4 Å². The van der Waals surface area contributed by atoms with Crippen molar-refractivity contribution in [1.82, 2.24) is 8.61 Å². The first-order valence-electron chi connectivity index (χ1n) is 9.77. The van der Waals surface area contributed by atoms with Crippen molar-refractivity contribution in [3.8, 4) is 0 Å². The topological polar surface area (TPSA) is 161 Å². The Morgan fingerprint density at radius 3 is 1.73 bits per heavy atom. The van der Waals surface area contributed by atoms with Crippen molar-refractivity contribution in [3.05, 3.63) is 80.5 Å². The summed E-state index contributed by atoms with van der Waals surface area (Å²) in [5.41, 5.74) is -0.162. The highest BCUT2D eigenvalue weighted by Gasteiger charge is 2.44. The van der Waals surface area contributed by atoms with Gasteiger partial charge in [0.2, 0.25) is 10.0 Å². The second-order valence-corrected chi connectivity index (χ2v) is 11.2. The molecule has 0 aliphatic carbocycles. The first-order valence-corrected chi connectivity index (χ1v) is 12.6. The number of fused-ring (bicyclic) bond motifs is 1. The normalized spacial score (nSPS) is 19.1. The van der Waals surface area contributed by atoms with Crippen molar-refractivity contribution in [1.29, 1.82) is 0 Å². The Kier molecular flexibility index (Phi) is 5.67. The third-order valence-corrected chi connectivity index (χ3v) is 9.34. The van der Waals surface area contributed by atoms with Gasteiger partial charge in [-0.3, -0.25) is 24.5 Å². The molecule has 0 radical (unpaired) electrons.